The normalized spacial score (nSPS) is 13.5. The number of anilines is 2. The quantitative estimate of drug-likeness (QED) is 0.726. The Hall–Kier alpha value is -2.90. The number of hydrogen-bond acceptors (Lipinski definition) is 6. The Kier molecular flexibility index (Phi) is 6.05. The fourth-order valence-corrected chi connectivity index (χ4v) is 3.03. The van der Waals surface area contributed by atoms with Crippen molar-refractivity contribution in [2.75, 3.05) is 43.5 Å². The number of aryl methyl sites for hydroxylation is 1. The molecule has 7 nitrogen and oxygen atoms in total. The van der Waals surface area contributed by atoms with Crippen molar-refractivity contribution in [2.45, 2.75) is 19.8 Å². The molecular weight excluding hydrogens is 349 g/mol. The van der Waals surface area contributed by atoms with Crippen molar-refractivity contribution in [3.05, 3.63) is 41.5 Å². The molecule has 0 bridgehead atoms. The van der Waals surface area contributed by atoms with E-state index in [1.807, 2.05) is 13.0 Å². The highest BCUT2D eigenvalue weighted by atomic mass is 19.1. The molecule has 1 aromatic carbocycles. The van der Waals surface area contributed by atoms with Crippen LogP contribution in [0.4, 0.5) is 16.0 Å². The second-order valence-electron chi connectivity index (χ2n) is 6.38. The summed E-state index contributed by atoms with van der Waals surface area (Å²) in [5.74, 6) is 1.58. The molecule has 1 aliphatic heterocycles. The second kappa shape index (κ2) is 8.66. The highest BCUT2D eigenvalue weighted by Crippen LogP contribution is 2.20. The summed E-state index contributed by atoms with van der Waals surface area (Å²) in [4.78, 5) is 23.2. The molecule has 3 rings (SSSR count). The molecular formula is C19H24FN5O2. The summed E-state index contributed by atoms with van der Waals surface area (Å²) >= 11 is 0. The Morgan fingerprint density at radius 2 is 2.00 bits per heavy atom. The van der Waals surface area contributed by atoms with Crippen molar-refractivity contribution in [2.24, 2.45) is 0 Å². The fraction of sp³-hybridized carbons (Fsp3) is 0.421. The van der Waals surface area contributed by atoms with Crippen molar-refractivity contribution >= 4 is 17.5 Å². The number of hydrogen-bond donors (Lipinski definition) is 2. The van der Waals surface area contributed by atoms with Crippen LogP contribution in [0.2, 0.25) is 0 Å². The van der Waals surface area contributed by atoms with E-state index < -0.39 is 5.82 Å². The van der Waals surface area contributed by atoms with Crippen LogP contribution in [-0.2, 0) is 0 Å². The zero-order valence-corrected chi connectivity index (χ0v) is 15.6. The first-order valence-corrected chi connectivity index (χ1v) is 9.03. The van der Waals surface area contributed by atoms with Crippen LogP contribution >= 0.6 is 0 Å². The van der Waals surface area contributed by atoms with Gasteiger partial charge in [-0.2, -0.15) is 0 Å². The molecule has 0 saturated carbocycles. The molecule has 0 aliphatic carbocycles. The summed E-state index contributed by atoms with van der Waals surface area (Å²) in [6, 6.07) is 6.06. The van der Waals surface area contributed by atoms with Gasteiger partial charge in [0.05, 0.1) is 7.11 Å². The van der Waals surface area contributed by atoms with E-state index in [9.17, 15) is 9.18 Å². The van der Waals surface area contributed by atoms with Gasteiger partial charge in [-0.25, -0.2) is 14.4 Å². The van der Waals surface area contributed by atoms with Gasteiger partial charge in [0.25, 0.3) is 5.91 Å². The minimum Gasteiger partial charge on any atom is -0.494 e. The number of aromatic nitrogens is 2. The maximum atomic E-state index is 13.7. The molecule has 0 radical (unpaired) electrons. The summed E-state index contributed by atoms with van der Waals surface area (Å²) in [5.41, 5.74) is 0.252. The highest BCUT2D eigenvalue weighted by molar-refractivity contribution is 5.94. The zero-order chi connectivity index (χ0) is 19.2. The van der Waals surface area contributed by atoms with Gasteiger partial charge in [-0.3, -0.25) is 4.79 Å². The molecule has 144 valence electrons. The lowest BCUT2D eigenvalue weighted by Crippen LogP contribution is -2.29. The number of nitrogens with one attached hydrogen (secondary N) is 2. The number of methoxy groups -OCH3 is 1. The minimum absolute atomic E-state index is 0.112. The third kappa shape index (κ3) is 4.84. The van der Waals surface area contributed by atoms with E-state index in [1.165, 1.54) is 32.1 Å². The van der Waals surface area contributed by atoms with Gasteiger partial charge in [-0.05, 0) is 38.0 Å². The summed E-state index contributed by atoms with van der Waals surface area (Å²) in [6.45, 7) is 4.79. The van der Waals surface area contributed by atoms with Gasteiger partial charge in [0.2, 0.25) is 0 Å². The molecule has 0 atom stereocenters. The van der Waals surface area contributed by atoms with Crippen molar-refractivity contribution in [1.29, 1.82) is 0 Å². The lowest BCUT2D eigenvalue weighted by Gasteiger charge is -2.17. The molecule has 1 aliphatic rings. The molecule has 1 fully saturated rings. The first kappa shape index (κ1) is 18.9. The van der Waals surface area contributed by atoms with Gasteiger partial charge in [0, 0.05) is 37.8 Å². The van der Waals surface area contributed by atoms with Crippen LogP contribution in [0.1, 0.15) is 29.0 Å². The summed E-state index contributed by atoms with van der Waals surface area (Å²) < 4.78 is 18.5. The van der Waals surface area contributed by atoms with Gasteiger partial charge in [-0.1, -0.05) is 0 Å². The van der Waals surface area contributed by atoms with Crippen molar-refractivity contribution < 1.29 is 13.9 Å². The molecule has 1 saturated heterocycles. The number of halogens is 1. The molecule has 8 heteroatoms. The number of benzene rings is 1. The lowest BCUT2D eigenvalue weighted by atomic mass is 10.2. The van der Waals surface area contributed by atoms with Gasteiger partial charge < -0.3 is 20.3 Å². The maximum absolute atomic E-state index is 13.7. The number of amides is 1. The SMILES string of the molecule is COc1ccc(C(=O)NCCNc2cc(N3CCCC3)nc(C)n2)cc1F. The van der Waals surface area contributed by atoms with Crippen molar-refractivity contribution in [1.82, 2.24) is 15.3 Å². The van der Waals surface area contributed by atoms with E-state index in [0.29, 0.717) is 18.9 Å². The van der Waals surface area contributed by atoms with Crippen LogP contribution in [0, 0.1) is 12.7 Å². The highest BCUT2D eigenvalue weighted by Gasteiger charge is 2.15. The standard InChI is InChI=1S/C19H24FN5O2/c1-13-23-17(12-18(24-13)25-9-3-4-10-25)21-7-8-22-19(26)14-5-6-16(27-2)15(20)11-14/h5-6,11-12H,3-4,7-10H2,1-2H3,(H,22,26)(H,21,23,24). The Labute approximate surface area is 158 Å². The zero-order valence-electron chi connectivity index (χ0n) is 15.6. The van der Waals surface area contributed by atoms with Gasteiger partial charge in [0.15, 0.2) is 11.6 Å². The predicted molar refractivity (Wildman–Crippen MR) is 102 cm³/mol. The number of rotatable bonds is 7. The van der Waals surface area contributed by atoms with Gasteiger partial charge >= 0.3 is 0 Å². The number of carbonyl (C=O) groups is 1. The summed E-state index contributed by atoms with van der Waals surface area (Å²) in [6.07, 6.45) is 2.37. The monoisotopic (exact) mass is 373 g/mol. The summed E-state index contributed by atoms with van der Waals surface area (Å²) in [5, 5.41) is 5.95. The number of carbonyl (C=O) groups excluding carboxylic acids is 1. The first-order chi connectivity index (χ1) is 13.1. The Bertz CT molecular complexity index is 809. The minimum atomic E-state index is -0.561. The molecule has 27 heavy (non-hydrogen) atoms. The predicted octanol–water partition coefficient (Wildman–Crippen LogP) is 2.37. The smallest absolute Gasteiger partial charge is 0.251 e. The maximum Gasteiger partial charge on any atom is 0.251 e. The fourth-order valence-electron chi connectivity index (χ4n) is 3.03. The average Bonchev–Trinajstić information content (AvgIpc) is 3.19. The van der Waals surface area contributed by atoms with Crippen molar-refractivity contribution in [3.8, 4) is 5.75 Å². The first-order valence-electron chi connectivity index (χ1n) is 9.03. The third-order valence-electron chi connectivity index (χ3n) is 4.39. The van der Waals surface area contributed by atoms with E-state index in [4.69, 9.17) is 4.74 Å². The molecule has 0 spiro atoms. The molecule has 2 N–H and O–H groups in total. The van der Waals surface area contributed by atoms with Gasteiger partial charge in [0.1, 0.15) is 17.5 Å². The molecule has 2 aromatic rings. The van der Waals surface area contributed by atoms with Crippen LogP contribution in [-0.4, -0.2) is 49.2 Å². The third-order valence-corrected chi connectivity index (χ3v) is 4.39. The topological polar surface area (TPSA) is 79.4 Å². The van der Waals surface area contributed by atoms with E-state index >= 15 is 0 Å². The molecule has 1 aromatic heterocycles. The van der Waals surface area contributed by atoms with Crippen LogP contribution in [0.15, 0.2) is 24.3 Å². The molecule has 1 amide bonds. The van der Waals surface area contributed by atoms with Crippen LogP contribution in [0.3, 0.4) is 0 Å². The van der Waals surface area contributed by atoms with E-state index in [-0.39, 0.29) is 17.2 Å². The van der Waals surface area contributed by atoms with E-state index in [1.54, 1.807) is 0 Å². The Morgan fingerprint density at radius 3 is 2.70 bits per heavy atom. The van der Waals surface area contributed by atoms with E-state index in [0.717, 1.165) is 30.8 Å². The number of ether oxygens (including phenoxy) is 1. The van der Waals surface area contributed by atoms with Crippen LogP contribution in [0.25, 0.3) is 0 Å². The molecule has 2 heterocycles. The Morgan fingerprint density at radius 1 is 1.22 bits per heavy atom. The van der Waals surface area contributed by atoms with Crippen LogP contribution in [0.5, 0.6) is 5.75 Å². The average molecular weight is 373 g/mol. The number of nitrogens with zero attached hydrogens (tertiary/aromatic N) is 3. The van der Waals surface area contributed by atoms with Crippen LogP contribution < -0.4 is 20.3 Å². The second-order valence-corrected chi connectivity index (χ2v) is 6.38. The van der Waals surface area contributed by atoms with Gasteiger partial charge in [-0.15, -0.1) is 0 Å². The van der Waals surface area contributed by atoms with E-state index in [2.05, 4.69) is 25.5 Å². The van der Waals surface area contributed by atoms with Crippen molar-refractivity contribution in [3.63, 3.8) is 0 Å². The summed E-state index contributed by atoms with van der Waals surface area (Å²) in [7, 11) is 1.38. The molecule has 0 unspecified atom stereocenters. The Balaban J connectivity index is 1.51. The largest absolute Gasteiger partial charge is 0.494 e. The lowest BCUT2D eigenvalue weighted by molar-refractivity contribution is 0.0954.